The first-order valence-electron chi connectivity index (χ1n) is 11.9. The van der Waals surface area contributed by atoms with Gasteiger partial charge in [0.1, 0.15) is 23.0 Å². The van der Waals surface area contributed by atoms with Crippen LogP contribution in [0.1, 0.15) is 20.3 Å². The Balaban J connectivity index is 1.41. The van der Waals surface area contributed by atoms with Gasteiger partial charge in [0, 0.05) is 38.7 Å². The summed E-state index contributed by atoms with van der Waals surface area (Å²) in [4.78, 5) is 0. The summed E-state index contributed by atoms with van der Waals surface area (Å²) in [5, 5.41) is 6.35. The van der Waals surface area contributed by atoms with Crippen LogP contribution in [0.15, 0.2) is 102 Å². The molecule has 1 unspecified atom stereocenters. The average Bonchev–Trinajstić information content (AvgIpc) is 3.26. The van der Waals surface area contributed by atoms with Gasteiger partial charge in [0.05, 0.1) is 5.30 Å². The molecule has 0 saturated carbocycles. The number of hydrogen-bond acceptors (Lipinski definition) is 3. The van der Waals surface area contributed by atoms with Crippen LogP contribution in [0.3, 0.4) is 0 Å². The minimum Gasteiger partial charge on any atom is -0.460 e. The van der Waals surface area contributed by atoms with E-state index in [-0.39, 0.29) is 0 Å². The number of hydrogen-bond donors (Lipinski definition) is 0. The predicted molar refractivity (Wildman–Crippen MR) is 150 cm³/mol. The van der Waals surface area contributed by atoms with E-state index in [0.29, 0.717) is 0 Å². The topological polar surface area (TPSA) is 18.5 Å². The zero-order valence-corrected chi connectivity index (χ0v) is 21.3. The number of rotatable bonds is 3. The first-order valence-corrected chi connectivity index (χ1v) is 14.1. The lowest BCUT2D eigenvalue weighted by Gasteiger charge is -2.35. The molecule has 7 rings (SSSR count). The number of allylic oxidation sites excluding steroid dienone is 4. The molecule has 4 heteroatoms. The van der Waals surface area contributed by atoms with Gasteiger partial charge in [0.25, 0.3) is 0 Å². The number of para-hydroxylation sites is 1. The highest BCUT2D eigenvalue weighted by atomic mass is 32.1. The maximum atomic E-state index is 6.50. The predicted octanol–water partition coefficient (Wildman–Crippen LogP) is 8.85. The van der Waals surface area contributed by atoms with Crippen LogP contribution in [0.2, 0.25) is 0 Å². The minimum absolute atomic E-state index is 0.728. The van der Waals surface area contributed by atoms with Gasteiger partial charge in [-0.1, -0.05) is 67.6 Å². The summed E-state index contributed by atoms with van der Waals surface area (Å²) in [5.74, 6) is 3.76. The van der Waals surface area contributed by atoms with Crippen molar-refractivity contribution in [3.8, 4) is 28.4 Å². The van der Waals surface area contributed by atoms with Crippen LogP contribution in [0.5, 0.6) is 17.2 Å². The highest BCUT2D eigenvalue weighted by molar-refractivity contribution is 7.77. The highest BCUT2D eigenvalue weighted by Gasteiger charge is 2.37. The third-order valence-corrected chi connectivity index (χ3v) is 10.5. The standard InChI is InChI=1S/C31H23O2PS/c1-3-4-11-27-19(2)32-25-16-21(17-26-31(25)34(27)28-12-7-6-10-24(28)33-26)20-14-15-23-22-9-5-8-13-29(22)35-30(23)18-20/h4-18H,3H2,1-2H3/b11-4-. The van der Waals surface area contributed by atoms with Gasteiger partial charge in [-0.3, -0.25) is 0 Å². The second-order valence-electron chi connectivity index (χ2n) is 8.89. The van der Waals surface area contributed by atoms with Gasteiger partial charge in [0.15, 0.2) is 0 Å². The molecule has 0 aliphatic carbocycles. The fourth-order valence-corrected chi connectivity index (χ4v) is 8.78. The van der Waals surface area contributed by atoms with E-state index in [9.17, 15) is 0 Å². The fraction of sp³-hybridized carbons (Fsp3) is 0.0968. The Hall–Kier alpha value is -3.39. The minimum atomic E-state index is -0.728. The van der Waals surface area contributed by atoms with Crippen LogP contribution in [0, 0.1) is 0 Å². The molecular weight excluding hydrogens is 467 g/mol. The molecule has 0 radical (unpaired) electrons. The molecule has 4 aromatic carbocycles. The van der Waals surface area contributed by atoms with E-state index in [1.807, 2.05) is 11.3 Å². The molecule has 2 aliphatic rings. The lowest BCUT2D eigenvalue weighted by Crippen LogP contribution is -2.27. The van der Waals surface area contributed by atoms with E-state index >= 15 is 0 Å². The fourth-order valence-electron chi connectivity index (χ4n) is 5.04. The van der Waals surface area contributed by atoms with Crippen LogP contribution >= 0.6 is 19.3 Å². The van der Waals surface area contributed by atoms with Crippen molar-refractivity contribution in [1.82, 2.24) is 0 Å². The zero-order chi connectivity index (χ0) is 23.5. The first-order chi connectivity index (χ1) is 17.2. The Bertz CT molecular complexity index is 1710. The van der Waals surface area contributed by atoms with Crippen LogP contribution in [0.4, 0.5) is 0 Å². The molecule has 1 aromatic heterocycles. The van der Waals surface area contributed by atoms with E-state index in [0.717, 1.165) is 35.0 Å². The van der Waals surface area contributed by atoms with Crippen molar-refractivity contribution >= 4 is 50.0 Å². The maximum Gasteiger partial charge on any atom is 0.140 e. The molecule has 3 heterocycles. The van der Waals surface area contributed by atoms with Gasteiger partial charge in [-0.25, -0.2) is 0 Å². The number of fused-ring (bicyclic) bond motifs is 5. The van der Waals surface area contributed by atoms with Crippen LogP contribution < -0.4 is 20.1 Å². The lowest BCUT2D eigenvalue weighted by atomic mass is 10.0. The Labute approximate surface area is 209 Å². The van der Waals surface area contributed by atoms with Gasteiger partial charge in [-0.15, -0.1) is 11.3 Å². The summed E-state index contributed by atoms with van der Waals surface area (Å²) in [7, 11) is -0.728. The SMILES string of the molecule is CC/C=C\C1=C(C)Oc2cc(-c3ccc4c(c3)sc3ccccc34)cc3c2P1c1ccccc1O3. The maximum absolute atomic E-state index is 6.50. The summed E-state index contributed by atoms with van der Waals surface area (Å²) < 4.78 is 15.6. The molecule has 0 N–H and O–H groups in total. The van der Waals surface area contributed by atoms with Crippen molar-refractivity contribution in [3.05, 3.63) is 102 Å². The van der Waals surface area contributed by atoms with Crippen molar-refractivity contribution in [3.63, 3.8) is 0 Å². The van der Waals surface area contributed by atoms with Gasteiger partial charge < -0.3 is 9.47 Å². The van der Waals surface area contributed by atoms with E-state index in [1.165, 1.54) is 41.7 Å². The van der Waals surface area contributed by atoms with Gasteiger partial charge in [-0.2, -0.15) is 0 Å². The summed E-state index contributed by atoms with van der Waals surface area (Å²) >= 11 is 1.85. The van der Waals surface area contributed by atoms with Crippen molar-refractivity contribution in [2.45, 2.75) is 20.3 Å². The number of benzene rings is 4. The van der Waals surface area contributed by atoms with Crippen LogP contribution in [0.25, 0.3) is 31.3 Å². The number of thiophene rings is 1. The largest absolute Gasteiger partial charge is 0.460 e. The summed E-state index contributed by atoms with van der Waals surface area (Å²) in [6, 6.07) is 28.2. The molecule has 1 atom stereocenters. The third-order valence-electron chi connectivity index (χ3n) is 6.68. The van der Waals surface area contributed by atoms with Crippen LogP contribution in [-0.4, -0.2) is 0 Å². The van der Waals surface area contributed by atoms with Crippen molar-refractivity contribution in [2.24, 2.45) is 0 Å². The normalized spacial score (nSPS) is 16.3. The van der Waals surface area contributed by atoms with E-state index in [1.54, 1.807) is 0 Å². The highest BCUT2D eigenvalue weighted by Crippen LogP contribution is 2.58. The first kappa shape index (κ1) is 20.9. The Kier molecular flexibility index (Phi) is 4.84. The Morgan fingerprint density at radius 2 is 1.54 bits per heavy atom. The van der Waals surface area contributed by atoms with Crippen LogP contribution in [-0.2, 0) is 0 Å². The molecule has 0 amide bonds. The molecule has 170 valence electrons. The van der Waals surface area contributed by atoms with Crippen molar-refractivity contribution in [2.75, 3.05) is 0 Å². The summed E-state index contributed by atoms with van der Waals surface area (Å²) in [5.41, 5.74) is 2.30. The second-order valence-corrected chi connectivity index (χ2v) is 12.1. The zero-order valence-electron chi connectivity index (χ0n) is 19.5. The number of ether oxygens (including phenoxy) is 2. The molecular formula is C31H23O2PS. The summed E-state index contributed by atoms with van der Waals surface area (Å²) in [6.07, 6.45) is 5.47. The lowest BCUT2D eigenvalue weighted by molar-refractivity contribution is 0.421. The smallest absolute Gasteiger partial charge is 0.140 e. The van der Waals surface area contributed by atoms with Crippen molar-refractivity contribution in [1.29, 1.82) is 0 Å². The Morgan fingerprint density at radius 1 is 0.771 bits per heavy atom. The van der Waals surface area contributed by atoms with Gasteiger partial charge >= 0.3 is 0 Å². The summed E-state index contributed by atoms with van der Waals surface area (Å²) in [6.45, 7) is 4.26. The van der Waals surface area contributed by atoms with E-state index in [4.69, 9.17) is 9.47 Å². The molecule has 0 saturated heterocycles. The third kappa shape index (κ3) is 3.26. The average molecular weight is 491 g/mol. The molecule has 0 spiro atoms. The van der Waals surface area contributed by atoms with Gasteiger partial charge in [0.2, 0.25) is 0 Å². The van der Waals surface area contributed by atoms with E-state index in [2.05, 4.69) is 105 Å². The molecule has 2 aliphatic heterocycles. The molecule has 5 aromatic rings. The molecule has 2 nitrogen and oxygen atoms in total. The molecule has 0 bridgehead atoms. The second kappa shape index (κ2) is 8.09. The van der Waals surface area contributed by atoms with Gasteiger partial charge in [-0.05, 0) is 54.8 Å². The van der Waals surface area contributed by atoms with E-state index < -0.39 is 7.92 Å². The molecule has 35 heavy (non-hydrogen) atoms. The molecule has 0 fully saturated rings. The Morgan fingerprint density at radius 3 is 2.43 bits per heavy atom. The van der Waals surface area contributed by atoms with Crippen molar-refractivity contribution < 1.29 is 9.47 Å². The quantitative estimate of drug-likeness (QED) is 0.235. The monoisotopic (exact) mass is 490 g/mol.